The van der Waals surface area contributed by atoms with E-state index in [0.29, 0.717) is 22.7 Å². The Labute approximate surface area is 136 Å². The second-order valence-electron chi connectivity index (χ2n) is 4.92. The van der Waals surface area contributed by atoms with Crippen LogP contribution in [0.5, 0.6) is 5.75 Å². The first kappa shape index (κ1) is 15.4. The normalized spacial score (nSPS) is 11.0. The first-order valence-electron chi connectivity index (χ1n) is 7.03. The van der Waals surface area contributed by atoms with Crippen LogP contribution in [0.25, 0.3) is 23.1 Å². The highest BCUT2D eigenvalue weighted by molar-refractivity contribution is 5.88. The van der Waals surface area contributed by atoms with Crippen LogP contribution >= 0.6 is 0 Å². The summed E-state index contributed by atoms with van der Waals surface area (Å²) in [5.74, 6) is -0.0211. The number of furan rings is 1. The van der Waals surface area contributed by atoms with E-state index < -0.39 is 10.9 Å². The molecule has 0 radical (unpaired) electrons. The van der Waals surface area contributed by atoms with Gasteiger partial charge in [0.15, 0.2) is 5.75 Å². The molecular weight excluding hydrogens is 312 g/mol. The number of fused-ring (bicyclic) bond motifs is 1. The maximum Gasteiger partial charge on any atom is 0.433 e. The minimum atomic E-state index is -0.600. The fourth-order valence-electron chi connectivity index (χ4n) is 2.16. The van der Waals surface area contributed by atoms with Crippen LogP contribution < -0.4 is 4.74 Å². The number of esters is 1. The first-order valence-corrected chi connectivity index (χ1v) is 7.03. The van der Waals surface area contributed by atoms with Crippen molar-refractivity contribution in [3.05, 3.63) is 64.0 Å². The highest BCUT2D eigenvalue weighted by Crippen LogP contribution is 2.25. The second-order valence-corrected chi connectivity index (χ2v) is 4.92. The molecule has 0 saturated carbocycles. The lowest BCUT2D eigenvalue weighted by molar-refractivity contribution is -0.402. The molecule has 0 amide bonds. The molecule has 2 heterocycles. The third-order valence-electron chi connectivity index (χ3n) is 3.17. The molecule has 3 rings (SSSR count). The number of nitro groups is 1. The average molecular weight is 324 g/mol. The molecular formula is C17H12N2O5. The monoisotopic (exact) mass is 324 g/mol. The van der Waals surface area contributed by atoms with Crippen molar-refractivity contribution in [3.8, 4) is 5.75 Å². The van der Waals surface area contributed by atoms with Crippen molar-refractivity contribution in [3.63, 3.8) is 0 Å². The van der Waals surface area contributed by atoms with E-state index in [4.69, 9.17) is 9.15 Å². The molecule has 0 N–H and O–H groups in total. The summed E-state index contributed by atoms with van der Waals surface area (Å²) in [6.07, 6.45) is 3.24. The zero-order valence-corrected chi connectivity index (χ0v) is 12.6. The molecule has 0 unspecified atom stereocenters. The van der Waals surface area contributed by atoms with Crippen LogP contribution in [0.1, 0.15) is 18.4 Å². The Bertz CT molecular complexity index is 959. The van der Waals surface area contributed by atoms with E-state index in [0.717, 1.165) is 5.39 Å². The van der Waals surface area contributed by atoms with Crippen LogP contribution in [-0.2, 0) is 4.79 Å². The predicted molar refractivity (Wildman–Crippen MR) is 87.3 cm³/mol. The summed E-state index contributed by atoms with van der Waals surface area (Å²) in [7, 11) is 0. The molecule has 0 saturated heterocycles. The highest BCUT2D eigenvalue weighted by atomic mass is 16.6. The van der Waals surface area contributed by atoms with Gasteiger partial charge in [0, 0.05) is 12.3 Å². The number of para-hydroxylation sites is 1. The van der Waals surface area contributed by atoms with Gasteiger partial charge in [-0.3, -0.25) is 14.9 Å². The van der Waals surface area contributed by atoms with Gasteiger partial charge in [0.1, 0.15) is 16.2 Å². The van der Waals surface area contributed by atoms with Crippen LogP contribution in [0, 0.1) is 10.1 Å². The van der Waals surface area contributed by atoms with E-state index in [2.05, 4.69) is 4.98 Å². The Morgan fingerprint density at radius 3 is 2.75 bits per heavy atom. The molecule has 0 atom stereocenters. The van der Waals surface area contributed by atoms with Gasteiger partial charge in [-0.1, -0.05) is 18.2 Å². The van der Waals surface area contributed by atoms with Gasteiger partial charge in [-0.05, 0) is 30.4 Å². The van der Waals surface area contributed by atoms with Crippen molar-refractivity contribution >= 4 is 34.9 Å². The van der Waals surface area contributed by atoms with Gasteiger partial charge in [0.2, 0.25) is 0 Å². The summed E-state index contributed by atoms with van der Waals surface area (Å²) in [5, 5.41) is 11.4. The lowest BCUT2D eigenvalue weighted by Crippen LogP contribution is -2.02. The number of rotatable bonds is 4. The van der Waals surface area contributed by atoms with Crippen molar-refractivity contribution in [1.82, 2.24) is 4.98 Å². The van der Waals surface area contributed by atoms with E-state index in [1.165, 1.54) is 19.1 Å². The molecule has 0 fully saturated rings. The van der Waals surface area contributed by atoms with Crippen molar-refractivity contribution in [2.45, 2.75) is 6.92 Å². The Morgan fingerprint density at radius 1 is 1.21 bits per heavy atom. The van der Waals surface area contributed by atoms with Gasteiger partial charge in [-0.25, -0.2) is 4.98 Å². The fourth-order valence-corrected chi connectivity index (χ4v) is 2.16. The molecule has 24 heavy (non-hydrogen) atoms. The molecule has 0 spiro atoms. The maximum absolute atomic E-state index is 11.2. The quantitative estimate of drug-likeness (QED) is 0.313. The Balaban J connectivity index is 1.93. The topological polar surface area (TPSA) is 95.5 Å². The molecule has 0 aliphatic rings. The summed E-state index contributed by atoms with van der Waals surface area (Å²) in [4.78, 5) is 25.6. The van der Waals surface area contributed by atoms with E-state index in [1.54, 1.807) is 30.4 Å². The second kappa shape index (κ2) is 6.33. The zero-order valence-electron chi connectivity index (χ0n) is 12.6. The van der Waals surface area contributed by atoms with Crippen LogP contribution in [-0.4, -0.2) is 15.9 Å². The average Bonchev–Trinajstić information content (AvgIpc) is 3.02. The number of hydrogen-bond donors (Lipinski definition) is 0. The summed E-state index contributed by atoms with van der Waals surface area (Å²) in [5.41, 5.74) is 1.15. The van der Waals surface area contributed by atoms with E-state index in [-0.39, 0.29) is 5.88 Å². The Kier molecular flexibility index (Phi) is 4.07. The third kappa shape index (κ3) is 3.30. The molecule has 120 valence electrons. The smallest absolute Gasteiger partial charge is 0.424 e. The van der Waals surface area contributed by atoms with Crippen molar-refractivity contribution in [2.75, 3.05) is 0 Å². The number of carbonyl (C=O) groups excluding carboxylic acids is 1. The van der Waals surface area contributed by atoms with Gasteiger partial charge < -0.3 is 9.15 Å². The number of ether oxygens (including phenoxy) is 1. The minimum absolute atomic E-state index is 0.321. The molecule has 0 aliphatic carbocycles. The summed E-state index contributed by atoms with van der Waals surface area (Å²) >= 11 is 0. The van der Waals surface area contributed by atoms with Crippen molar-refractivity contribution in [2.24, 2.45) is 0 Å². The van der Waals surface area contributed by atoms with Gasteiger partial charge in [0.25, 0.3) is 0 Å². The largest absolute Gasteiger partial charge is 0.433 e. The lowest BCUT2D eigenvalue weighted by atomic mass is 10.2. The Hall–Kier alpha value is -3.48. The maximum atomic E-state index is 11.2. The Morgan fingerprint density at radius 2 is 2.04 bits per heavy atom. The number of benzene rings is 1. The van der Waals surface area contributed by atoms with Crippen LogP contribution in [0.4, 0.5) is 5.88 Å². The third-order valence-corrected chi connectivity index (χ3v) is 3.17. The molecule has 1 aromatic carbocycles. The van der Waals surface area contributed by atoms with Crippen molar-refractivity contribution in [1.29, 1.82) is 0 Å². The number of hydrogen-bond acceptors (Lipinski definition) is 6. The number of pyridine rings is 1. The molecule has 0 aliphatic heterocycles. The fraction of sp³-hybridized carbons (Fsp3) is 0.0588. The summed E-state index contributed by atoms with van der Waals surface area (Å²) in [6.45, 7) is 1.33. The van der Waals surface area contributed by atoms with Crippen LogP contribution in [0.15, 0.2) is 46.9 Å². The molecule has 7 heteroatoms. The summed E-state index contributed by atoms with van der Waals surface area (Å²) in [6, 6.07) is 11.7. The van der Waals surface area contributed by atoms with E-state index in [9.17, 15) is 14.9 Å². The van der Waals surface area contributed by atoms with Gasteiger partial charge in [0.05, 0.1) is 11.8 Å². The molecule has 7 nitrogen and oxygen atoms in total. The van der Waals surface area contributed by atoms with Crippen LogP contribution in [0.3, 0.4) is 0 Å². The number of nitrogens with zero attached hydrogens (tertiary/aromatic N) is 2. The van der Waals surface area contributed by atoms with E-state index in [1.807, 2.05) is 12.1 Å². The number of carbonyl (C=O) groups is 1. The zero-order chi connectivity index (χ0) is 17.1. The summed E-state index contributed by atoms with van der Waals surface area (Å²) < 4.78 is 10.2. The molecule has 0 bridgehead atoms. The standard InChI is InChI=1S/C17H12N2O5/c1-11(20)23-15-4-2-3-12-5-6-13(18-17(12)15)7-8-14-9-10-16(24-14)19(21)22/h2-10H,1H3/b8-7+. The SMILES string of the molecule is CC(=O)Oc1cccc2ccc(/C=C/c3ccc([N+](=O)[O-])o3)nc12. The van der Waals surface area contributed by atoms with Gasteiger partial charge in [-0.15, -0.1) is 0 Å². The van der Waals surface area contributed by atoms with Crippen molar-refractivity contribution < 1.29 is 18.9 Å². The van der Waals surface area contributed by atoms with E-state index >= 15 is 0 Å². The molecule has 3 aromatic rings. The minimum Gasteiger partial charge on any atom is -0.424 e. The number of aromatic nitrogens is 1. The first-order chi connectivity index (χ1) is 11.5. The predicted octanol–water partition coefficient (Wildman–Crippen LogP) is 3.83. The highest BCUT2D eigenvalue weighted by Gasteiger charge is 2.10. The van der Waals surface area contributed by atoms with Gasteiger partial charge >= 0.3 is 11.9 Å². The van der Waals surface area contributed by atoms with Gasteiger partial charge in [-0.2, -0.15) is 0 Å². The lowest BCUT2D eigenvalue weighted by Gasteiger charge is -2.05. The molecule has 2 aromatic heterocycles. The van der Waals surface area contributed by atoms with Crippen LogP contribution in [0.2, 0.25) is 0 Å².